The summed E-state index contributed by atoms with van der Waals surface area (Å²) in [5.74, 6) is -3.69. The number of aliphatic carboxylic acids is 1. The number of carboxylic acids is 1. The van der Waals surface area contributed by atoms with Crippen LogP contribution in [0, 0.1) is 5.92 Å². The van der Waals surface area contributed by atoms with E-state index in [1.54, 1.807) is 7.05 Å². The molecule has 0 saturated heterocycles. The van der Waals surface area contributed by atoms with Crippen LogP contribution in [0.2, 0.25) is 0 Å². The molecule has 2 aliphatic rings. The van der Waals surface area contributed by atoms with Crippen LogP contribution < -0.4 is 51.3 Å². The number of hydrogen-bond donors (Lipinski definition) is 3. The number of hydrogen-bond acceptors (Lipinski definition) is 14. The monoisotopic (exact) mass is 574 g/mol. The summed E-state index contributed by atoms with van der Waals surface area (Å²) in [5, 5.41) is 29.3. The summed E-state index contributed by atoms with van der Waals surface area (Å²) in [6.45, 7) is 0. The average Bonchev–Trinajstić information content (AvgIpc) is 3.27. The van der Waals surface area contributed by atoms with Crippen LogP contribution in [0.25, 0.3) is 0 Å². The minimum absolute atomic E-state index is 0. The van der Waals surface area contributed by atoms with Crippen molar-refractivity contribution in [3.8, 4) is 5.75 Å². The van der Waals surface area contributed by atoms with E-state index in [1.807, 2.05) is 0 Å². The van der Waals surface area contributed by atoms with Crippen LogP contribution in [-0.4, -0.2) is 72.9 Å². The van der Waals surface area contributed by atoms with Gasteiger partial charge >= 0.3 is 35.1 Å². The minimum Gasteiger partial charge on any atom is -0.545 e. The number of aromatic nitrogens is 3. The van der Waals surface area contributed by atoms with Crippen molar-refractivity contribution in [1.82, 2.24) is 19.9 Å². The molecule has 0 spiro atoms. The van der Waals surface area contributed by atoms with E-state index in [1.165, 1.54) is 35.0 Å². The number of carbonyl (C=O) groups is 3. The Balaban J connectivity index is 0.00000380. The molecule has 0 radical (unpaired) electrons. The van der Waals surface area contributed by atoms with Gasteiger partial charge in [-0.1, -0.05) is 16.9 Å². The average molecular weight is 575 g/mol. The van der Waals surface area contributed by atoms with Crippen molar-refractivity contribution in [2.45, 2.75) is 16.4 Å². The zero-order valence-corrected chi connectivity index (χ0v) is 24.2. The molecule has 0 aromatic carbocycles. The fourth-order valence-corrected chi connectivity index (χ4v) is 6.98. The van der Waals surface area contributed by atoms with Gasteiger partial charge in [0, 0.05) is 29.2 Å². The van der Waals surface area contributed by atoms with Gasteiger partial charge in [0.25, 0.3) is 5.91 Å². The second-order valence-electron chi connectivity index (χ2n) is 7.72. The maximum atomic E-state index is 13.0. The molecule has 4 N–H and O–H groups in total. The number of oxime groups is 1. The molecule has 1 fully saturated rings. The van der Waals surface area contributed by atoms with Crippen molar-refractivity contribution in [1.29, 1.82) is 0 Å². The number of anilines is 1. The molecule has 4 rings (SSSR count). The molecule has 190 valence electrons. The number of nitrogens with one attached hydrogen (secondary N) is 1. The number of carboxylic acid groups (broad SMARTS) is 1. The predicted molar refractivity (Wildman–Crippen MR) is 131 cm³/mol. The molecule has 17 heteroatoms. The minimum atomic E-state index is -1.47. The first-order valence-corrected chi connectivity index (χ1v) is 13.1. The standard InChI is InChI=1S/C20H20N6O7S3.Na/c1-26-3-9(27)16(29)24-20(26)36-5-7-4-34-15-11(10(7)18(31)32)14(28)13(15)23-17(30)12(25-33-2)8-6-35-19(21)22-8;/h3,6,11,13,15,27H,4-5H2,1-2H3,(H2,21,22)(H,23,30)(H,31,32);/q;+1/p-1/b25-12-;/t11?,13-,15+;/m1./s1. The van der Waals surface area contributed by atoms with Crippen molar-refractivity contribution in [3.63, 3.8) is 0 Å². The molecule has 0 bridgehead atoms. The van der Waals surface area contributed by atoms with E-state index >= 15 is 0 Å². The number of rotatable bonds is 8. The number of thiazole rings is 1. The van der Waals surface area contributed by atoms with Gasteiger partial charge in [-0.05, 0) is 11.1 Å². The zero-order chi connectivity index (χ0) is 26.1. The van der Waals surface area contributed by atoms with Gasteiger partial charge in [0.15, 0.2) is 27.5 Å². The molecule has 2 aromatic heterocycles. The van der Waals surface area contributed by atoms with Gasteiger partial charge < -0.3 is 35.5 Å². The Morgan fingerprint density at radius 1 is 1.41 bits per heavy atom. The van der Waals surface area contributed by atoms with E-state index in [9.17, 15) is 29.4 Å². The topological polar surface area (TPSA) is 202 Å². The first-order chi connectivity index (χ1) is 17.1. The van der Waals surface area contributed by atoms with Crippen LogP contribution in [0.15, 0.2) is 37.8 Å². The Labute approximate surface area is 244 Å². The summed E-state index contributed by atoms with van der Waals surface area (Å²) in [4.78, 5) is 62.0. The fourth-order valence-electron chi connectivity index (χ4n) is 3.83. The molecular weight excluding hydrogens is 555 g/mol. The van der Waals surface area contributed by atoms with Gasteiger partial charge in [-0.15, -0.1) is 11.3 Å². The Bertz CT molecular complexity index is 1370. The zero-order valence-electron chi connectivity index (χ0n) is 19.8. The maximum absolute atomic E-state index is 13.0. The summed E-state index contributed by atoms with van der Waals surface area (Å²) in [7, 11) is 2.84. The van der Waals surface area contributed by atoms with E-state index < -0.39 is 46.2 Å². The van der Waals surface area contributed by atoms with Gasteiger partial charge in [-0.25, -0.2) is 4.98 Å². The number of aryl methyl sites for hydroxylation is 1. The number of fused-ring (bicyclic) bond motifs is 1. The van der Waals surface area contributed by atoms with Gasteiger partial charge in [0.05, 0.1) is 18.1 Å². The van der Waals surface area contributed by atoms with Crippen LogP contribution in [0.3, 0.4) is 0 Å². The number of nitrogen functional groups attached to an aromatic ring is 1. The van der Waals surface area contributed by atoms with E-state index in [4.69, 9.17) is 10.6 Å². The third-order valence-corrected chi connectivity index (χ3v) is 8.74. The molecule has 1 aliphatic heterocycles. The fraction of sp³-hybridized carbons (Fsp3) is 0.350. The number of aromatic hydroxyl groups is 1. The van der Waals surface area contributed by atoms with E-state index in [2.05, 4.69) is 20.4 Å². The summed E-state index contributed by atoms with van der Waals surface area (Å²) in [5.41, 5.74) is 5.19. The molecule has 13 nitrogen and oxygen atoms in total. The molecule has 37 heavy (non-hydrogen) atoms. The second-order valence-corrected chi connectivity index (χ2v) is 10.7. The quantitative estimate of drug-likeness (QED) is 0.0898. The molecule has 1 aliphatic carbocycles. The van der Waals surface area contributed by atoms with Gasteiger partial charge in [-0.2, -0.15) is 16.7 Å². The Kier molecular flexibility index (Phi) is 9.47. The molecule has 1 unspecified atom stereocenters. The number of nitrogens with zero attached hydrogens (tertiary/aromatic N) is 4. The first kappa shape index (κ1) is 29.2. The normalized spacial score (nSPS) is 21.0. The number of ketones is 1. The van der Waals surface area contributed by atoms with Crippen molar-refractivity contribution in [3.05, 3.63) is 38.8 Å². The van der Waals surface area contributed by atoms with Crippen molar-refractivity contribution >= 4 is 63.4 Å². The Morgan fingerprint density at radius 2 is 2.14 bits per heavy atom. The number of carbonyl (C=O) groups excluding carboxylic acids is 3. The van der Waals surface area contributed by atoms with Gasteiger partial charge in [-0.3, -0.25) is 14.4 Å². The molecule has 1 amide bonds. The second kappa shape index (κ2) is 12.0. The maximum Gasteiger partial charge on any atom is 1.00 e. The number of nitrogens with two attached hydrogens (primary N) is 1. The first-order valence-electron chi connectivity index (χ1n) is 10.2. The van der Waals surface area contributed by atoms with E-state index in [-0.39, 0.29) is 68.3 Å². The van der Waals surface area contributed by atoms with Crippen LogP contribution in [0.5, 0.6) is 5.75 Å². The third kappa shape index (κ3) is 5.88. The predicted octanol–water partition coefficient (Wildman–Crippen LogP) is -4.48. The van der Waals surface area contributed by atoms with Crippen LogP contribution in [-0.2, 0) is 26.3 Å². The van der Waals surface area contributed by atoms with Crippen LogP contribution >= 0.6 is 34.9 Å². The van der Waals surface area contributed by atoms with Crippen molar-refractivity contribution in [2.75, 3.05) is 24.3 Å². The number of amides is 1. The summed E-state index contributed by atoms with van der Waals surface area (Å²) in [6, 6.07) is -0.936. The molecule has 2 aromatic rings. The van der Waals surface area contributed by atoms with E-state index in [0.717, 1.165) is 23.1 Å². The van der Waals surface area contributed by atoms with Crippen LogP contribution in [0.4, 0.5) is 5.13 Å². The van der Waals surface area contributed by atoms with Gasteiger partial charge in [0.2, 0.25) is 0 Å². The largest absolute Gasteiger partial charge is 1.00 e. The Morgan fingerprint density at radius 3 is 2.76 bits per heavy atom. The summed E-state index contributed by atoms with van der Waals surface area (Å²) in [6.07, 6.45) is 1.21. The van der Waals surface area contributed by atoms with Gasteiger partial charge in [0.1, 0.15) is 18.8 Å². The summed E-state index contributed by atoms with van der Waals surface area (Å²) < 4.78 is 1.44. The molecule has 3 heterocycles. The van der Waals surface area contributed by atoms with Crippen LogP contribution in [0.1, 0.15) is 5.69 Å². The number of Topliss-reactive ketones (excluding diaryl/α,β-unsaturated/α-hetero) is 1. The molecular formula is C20H19N6NaO7S3. The Hall–Kier alpha value is -2.37. The van der Waals surface area contributed by atoms with E-state index in [0.29, 0.717) is 5.57 Å². The number of thioether (sulfide) groups is 2. The van der Waals surface area contributed by atoms with Crippen molar-refractivity contribution < 1.29 is 59.0 Å². The molecule has 1 saturated carbocycles. The smallest absolute Gasteiger partial charge is 0.545 e. The summed E-state index contributed by atoms with van der Waals surface area (Å²) >= 11 is 3.54. The van der Waals surface area contributed by atoms with Crippen molar-refractivity contribution in [2.24, 2.45) is 18.1 Å². The molecule has 3 atom stereocenters. The SMILES string of the molecule is CO/N=C(\C(=O)N[C@@H]1C(=O)C2C(C(=O)[O-])=C(CSc3nc(=O)c(O)cn3C)CS[C@@H]21)c1csc(N)n1.[Na+]. The third-order valence-electron chi connectivity index (χ3n) is 5.49.